The fourth-order valence-electron chi connectivity index (χ4n) is 6.86. The van der Waals surface area contributed by atoms with Gasteiger partial charge in [0.25, 0.3) is 5.91 Å². The number of fused-ring (bicyclic) bond motifs is 1. The molecule has 2 saturated carbocycles. The van der Waals surface area contributed by atoms with Gasteiger partial charge in [0.15, 0.2) is 5.65 Å². The van der Waals surface area contributed by atoms with Gasteiger partial charge in [-0.2, -0.15) is 17.8 Å². The van der Waals surface area contributed by atoms with Crippen molar-refractivity contribution in [2.45, 2.75) is 62.9 Å². The first-order valence-corrected chi connectivity index (χ1v) is 17.3. The molecule has 236 valence electrons. The van der Waals surface area contributed by atoms with Gasteiger partial charge in [-0.15, -0.1) is 0 Å². The van der Waals surface area contributed by atoms with Crippen LogP contribution in [-0.4, -0.2) is 109 Å². The Morgan fingerprint density at radius 1 is 0.909 bits per heavy atom. The maximum absolute atomic E-state index is 13.9. The number of anilines is 1. The van der Waals surface area contributed by atoms with E-state index in [9.17, 15) is 17.6 Å². The molecule has 44 heavy (non-hydrogen) atoms. The number of rotatable bonds is 8. The van der Waals surface area contributed by atoms with Gasteiger partial charge in [0.2, 0.25) is 0 Å². The number of amides is 1. The zero-order valence-corrected chi connectivity index (χ0v) is 26.3. The monoisotopic (exact) mass is 624 g/mol. The van der Waals surface area contributed by atoms with Crippen LogP contribution in [-0.2, 0) is 10.2 Å². The van der Waals surface area contributed by atoms with Crippen molar-refractivity contribution in [1.29, 1.82) is 0 Å². The minimum Gasteiger partial charge on any atom is -0.371 e. The van der Waals surface area contributed by atoms with Crippen molar-refractivity contribution in [1.82, 2.24) is 33.6 Å². The third-order valence-corrected chi connectivity index (χ3v) is 11.3. The highest BCUT2D eigenvalue weighted by atomic mass is 32.2. The molecule has 1 aromatic carbocycles. The number of benzene rings is 1. The average molecular weight is 625 g/mol. The van der Waals surface area contributed by atoms with Gasteiger partial charge in [-0.25, -0.2) is 18.8 Å². The van der Waals surface area contributed by atoms with E-state index in [1.165, 1.54) is 39.1 Å². The second-order valence-electron chi connectivity index (χ2n) is 12.9. The molecule has 2 aliphatic carbocycles. The fraction of sp³-hybridized carbons (Fsp3) is 0.581. The molecule has 0 radical (unpaired) electrons. The molecule has 3 aromatic rings. The van der Waals surface area contributed by atoms with Gasteiger partial charge < -0.3 is 4.90 Å². The SMILES string of the molecule is CN(C)S(=O)(=O)NC(=O)c1cc(N2CCC(N3CCN(C4CC4)CC3)CC2)c2c(C3CCC3)nn(-c3ccc(F)cc3)c2n1. The molecule has 4 heterocycles. The van der Waals surface area contributed by atoms with Gasteiger partial charge >= 0.3 is 10.2 Å². The van der Waals surface area contributed by atoms with Crippen LogP contribution in [0.4, 0.5) is 10.1 Å². The van der Waals surface area contributed by atoms with E-state index >= 15 is 0 Å². The summed E-state index contributed by atoms with van der Waals surface area (Å²) in [6, 6.07) is 9.11. The molecular weight excluding hydrogens is 583 g/mol. The lowest BCUT2D eigenvalue weighted by molar-refractivity contribution is 0.0809. The van der Waals surface area contributed by atoms with E-state index in [4.69, 9.17) is 10.1 Å². The van der Waals surface area contributed by atoms with Crippen LogP contribution in [0.15, 0.2) is 30.3 Å². The van der Waals surface area contributed by atoms with Crippen molar-refractivity contribution >= 4 is 32.8 Å². The molecule has 2 aromatic heterocycles. The van der Waals surface area contributed by atoms with E-state index in [0.717, 1.165) is 98.5 Å². The third-order valence-electron chi connectivity index (χ3n) is 9.88. The smallest absolute Gasteiger partial charge is 0.303 e. The average Bonchev–Trinajstić information content (AvgIpc) is 3.78. The van der Waals surface area contributed by atoms with Crippen molar-refractivity contribution in [3.05, 3.63) is 47.5 Å². The Bertz CT molecular complexity index is 1640. The largest absolute Gasteiger partial charge is 0.371 e. The summed E-state index contributed by atoms with van der Waals surface area (Å²) in [4.78, 5) is 25.7. The molecule has 0 bridgehead atoms. The Hall–Kier alpha value is -3.13. The number of pyridine rings is 1. The Morgan fingerprint density at radius 3 is 2.07 bits per heavy atom. The molecule has 13 heteroatoms. The molecule has 0 unspecified atom stereocenters. The topological polar surface area (TPSA) is 107 Å². The van der Waals surface area contributed by atoms with Gasteiger partial charge in [-0.05, 0) is 68.9 Å². The molecule has 2 saturated heterocycles. The number of piperazine rings is 1. The summed E-state index contributed by atoms with van der Waals surface area (Å²) in [5, 5.41) is 5.91. The summed E-state index contributed by atoms with van der Waals surface area (Å²) in [6.45, 7) is 6.16. The summed E-state index contributed by atoms with van der Waals surface area (Å²) in [5.41, 5.74) is 2.89. The number of carbonyl (C=O) groups is 1. The van der Waals surface area contributed by atoms with E-state index in [2.05, 4.69) is 19.4 Å². The van der Waals surface area contributed by atoms with Crippen LogP contribution < -0.4 is 9.62 Å². The number of carbonyl (C=O) groups excluding carboxylic acids is 1. The summed E-state index contributed by atoms with van der Waals surface area (Å²) >= 11 is 0. The minimum atomic E-state index is -4.02. The maximum atomic E-state index is 13.9. The molecule has 0 spiro atoms. The van der Waals surface area contributed by atoms with Gasteiger partial charge in [0, 0.05) is 71.4 Å². The maximum Gasteiger partial charge on any atom is 0.303 e. The lowest BCUT2D eigenvalue weighted by Crippen LogP contribution is -2.53. The number of piperidine rings is 1. The predicted octanol–water partition coefficient (Wildman–Crippen LogP) is 3.11. The zero-order valence-electron chi connectivity index (χ0n) is 25.5. The number of aromatic nitrogens is 3. The summed E-state index contributed by atoms with van der Waals surface area (Å²) < 4.78 is 43.8. The lowest BCUT2D eigenvalue weighted by atomic mass is 9.82. The fourth-order valence-corrected chi connectivity index (χ4v) is 7.38. The van der Waals surface area contributed by atoms with E-state index < -0.39 is 16.1 Å². The minimum absolute atomic E-state index is 0.000308. The standard InChI is InChI=1S/C31H41FN8O3S/c1-36(2)44(42,43)35-31(41)26-20-27(39-14-12-24(13-15-39)38-18-16-37(17-19-38)23-10-11-23)28-29(21-4-3-5-21)34-40(30(28)33-26)25-8-6-22(32)7-9-25/h6-9,20-21,23-24H,3-5,10-19H2,1-2H3,(H,35,41). The first-order chi connectivity index (χ1) is 21.2. The highest BCUT2D eigenvalue weighted by Crippen LogP contribution is 2.43. The molecule has 11 nitrogen and oxygen atoms in total. The van der Waals surface area contributed by atoms with Crippen molar-refractivity contribution in [2.24, 2.45) is 0 Å². The second-order valence-corrected chi connectivity index (χ2v) is 14.8. The second kappa shape index (κ2) is 11.7. The van der Waals surface area contributed by atoms with Gasteiger partial charge in [-0.3, -0.25) is 14.6 Å². The quantitative estimate of drug-likeness (QED) is 0.408. The first-order valence-electron chi connectivity index (χ1n) is 15.8. The highest BCUT2D eigenvalue weighted by molar-refractivity contribution is 7.87. The van der Waals surface area contributed by atoms with Crippen LogP contribution in [0.3, 0.4) is 0 Å². The van der Waals surface area contributed by atoms with Crippen LogP contribution in [0.5, 0.6) is 0 Å². The van der Waals surface area contributed by atoms with Crippen LogP contribution in [0.25, 0.3) is 16.7 Å². The molecule has 1 N–H and O–H groups in total. The highest BCUT2D eigenvalue weighted by Gasteiger charge is 2.35. The Labute approximate surface area is 258 Å². The third kappa shape index (κ3) is 5.70. The molecule has 4 aliphatic rings. The van der Waals surface area contributed by atoms with Crippen LogP contribution in [0.2, 0.25) is 0 Å². The van der Waals surface area contributed by atoms with Crippen molar-refractivity contribution in [3.8, 4) is 5.69 Å². The Balaban J connectivity index is 1.24. The number of hydrogen-bond donors (Lipinski definition) is 1. The summed E-state index contributed by atoms with van der Waals surface area (Å²) in [7, 11) is -1.30. The number of nitrogens with zero attached hydrogens (tertiary/aromatic N) is 7. The van der Waals surface area contributed by atoms with Crippen LogP contribution in [0, 0.1) is 5.82 Å². The van der Waals surface area contributed by atoms with Crippen molar-refractivity contribution in [2.75, 3.05) is 58.3 Å². The normalized spacial score (nSPS) is 21.2. The van der Waals surface area contributed by atoms with E-state index in [-0.39, 0.29) is 17.4 Å². The van der Waals surface area contributed by atoms with E-state index in [1.54, 1.807) is 22.9 Å². The number of nitrogens with one attached hydrogen (secondary N) is 1. The van der Waals surface area contributed by atoms with Crippen molar-refractivity contribution in [3.63, 3.8) is 0 Å². The molecule has 4 fully saturated rings. The number of halogens is 1. The molecule has 0 atom stereocenters. The summed E-state index contributed by atoms with van der Waals surface area (Å²) in [6.07, 6.45) is 7.88. The summed E-state index contributed by atoms with van der Waals surface area (Å²) in [5.74, 6) is -0.889. The van der Waals surface area contributed by atoms with Gasteiger partial charge in [-0.1, -0.05) is 6.42 Å². The van der Waals surface area contributed by atoms with Crippen molar-refractivity contribution < 1.29 is 17.6 Å². The zero-order chi connectivity index (χ0) is 30.6. The first kappa shape index (κ1) is 29.6. The van der Waals surface area contributed by atoms with Gasteiger partial charge in [0.05, 0.1) is 22.5 Å². The van der Waals surface area contributed by atoms with Gasteiger partial charge in [0.1, 0.15) is 11.5 Å². The molecule has 2 aliphatic heterocycles. The van der Waals surface area contributed by atoms with E-state index in [1.807, 2.05) is 0 Å². The van der Waals surface area contributed by atoms with Crippen LogP contribution in [0.1, 0.15) is 67.0 Å². The molecular formula is C31H41FN8O3S. The molecule has 1 amide bonds. The lowest BCUT2D eigenvalue weighted by Gasteiger charge is -2.43. The Kier molecular flexibility index (Phi) is 7.84. The number of hydrogen-bond acceptors (Lipinski definition) is 8. The van der Waals surface area contributed by atoms with Crippen LogP contribution >= 0.6 is 0 Å². The Morgan fingerprint density at radius 2 is 1.52 bits per heavy atom. The van der Waals surface area contributed by atoms with E-state index in [0.29, 0.717) is 17.4 Å². The molecule has 7 rings (SSSR count). The predicted molar refractivity (Wildman–Crippen MR) is 167 cm³/mol.